The molecule has 1 atom stereocenters. The van der Waals surface area contributed by atoms with Gasteiger partial charge in [-0.05, 0) is 31.0 Å². The van der Waals surface area contributed by atoms with Gasteiger partial charge in [-0.2, -0.15) is 4.31 Å². The normalized spacial score (nSPS) is 17.1. The zero-order chi connectivity index (χ0) is 22.0. The predicted octanol–water partition coefficient (Wildman–Crippen LogP) is 2.90. The molecule has 0 radical (unpaired) electrons. The highest BCUT2D eigenvalue weighted by atomic mass is 32.2. The van der Waals surface area contributed by atoms with Crippen molar-refractivity contribution < 1.29 is 12.8 Å². The van der Waals surface area contributed by atoms with E-state index in [1.165, 1.54) is 29.8 Å². The first-order chi connectivity index (χ1) is 14.9. The molecule has 162 valence electrons. The quantitative estimate of drug-likeness (QED) is 0.631. The van der Waals surface area contributed by atoms with E-state index in [9.17, 15) is 8.42 Å². The molecule has 1 fully saturated rings. The fourth-order valence-corrected chi connectivity index (χ4v) is 5.47. The molecule has 1 saturated heterocycles. The van der Waals surface area contributed by atoms with Crippen LogP contribution in [0.3, 0.4) is 0 Å². The molecule has 0 bridgehead atoms. The Kier molecular flexibility index (Phi) is 5.99. The van der Waals surface area contributed by atoms with Gasteiger partial charge in [0, 0.05) is 30.8 Å². The van der Waals surface area contributed by atoms with E-state index in [4.69, 9.17) is 5.73 Å². The van der Waals surface area contributed by atoms with Crippen LogP contribution < -0.4 is 11.1 Å². The maximum absolute atomic E-state index is 15.9. The average molecular weight is 442 g/mol. The highest BCUT2D eigenvalue weighted by Gasteiger charge is 2.34. The number of likely N-dealkylation sites (N-methyl/N-ethyl adjacent to an activating group) is 1. The van der Waals surface area contributed by atoms with Crippen LogP contribution in [0.25, 0.3) is 22.4 Å². The molecule has 0 spiro atoms. The van der Waals surface area contributed by atoms with Gasteiger partial charge in [-0.25, -0.2) is 17.8 Å². The summed E-state index contributed by atoms with van der Waals surface area (Å²) in [5.41, 5.74) is 6.78. The van der Waals surface area contributed by atoms with Crippen molar-refractivity contribution in [2.45, 2.75) is 23.8 Å². The molecule has 3 aromatic rings. The second kappa shape index (κ2) is 8.70. The van der Waals surface area contributed by atoms with E-state index in [0.717, 1.165) is 13.0 Å². The van der Waals surface area contributed by atoms with Crippen LogP contribution >= 0.6 is 0 Å². The lowest BCUT2D eigenvalue weighted by molar-refractivity contribution is 0.299. The Balaban J connectivity index is 1.90. The lowest BCUT2D eigenvalue weighted by Gasteiger charge is -2.31. The third kappa shape index (κ3) is 4.16. The number of nitrogens with one attached hydrogen (secondary N) is 1. The second-order valence-corrected chi connectivity index (χ2v) is 9.45. The number of halogens is 1. The minimum absolute atomic E-state index is 0.0564. The number of nitrogens with zero attached hydrogens (tertiary/aromatic N) is 3. The summed E-state index contributed by atoms with van der Waals surface area (Å²) in [7, 11) is -2.63. The van der Waals surface area contributed by atoms with E-state index in [-0.39, 0.29) is 28.0 Å². The van der Waals surface area contributed by atoms with Gasteiger partial charge in [0.05, 0.1) is 18.1 Å². The van der Waals surface area contributed by atoms with Crippen molar-refractivity contribution in [3.05, 3.63) is 60.7 Å². The molecular weight excluding hydrogens is 417 g/mol. The third-order valence-corrected chi connectivity index (χ3v) is 7.52. The van der Waals surface area contributed by atoms with Crippen molar-refractivity contribution in [3.63, 3.8) is 0 Å². The Morgan fingerprint density at radius 3 is 2.48 bits per heavy atom. The maximum Gasteiger partial charge on any atom is 0.246 e. The van der Waals surface area contributed by atoms with Gasteiger partial charge in [-0.3, -0.25) is 4.98 Å². The fraction of sp³-hybridized carbons (Fsp3) is 0.273. The highest BCUT2D eigenvalue weighted by molar-refractivity contribution is 7.89. The summed E-state index contributed by atoms with van der Waals surface area (Å²) in [5, 5.41) is 3.21. The molecule has 0 aliphatic carbocycles. The molecule has 1 aromatic heterocycles. The van der Waals surface area contributed by atoms with E-state index in [2.05, 4.69) is 15.3 Å². The van der Waals surface area contributed by atoms with Crippen LogP contribution in [0.2, 0.25) is 0 Å². The van der Waals surface area contributed by atoms with Crippen molar-refractivity contribution in [1.82, 2.24) is 19.6 Å². The Hall–Kier alpha value is -2.88. The van der Waals surface area contributed by atoms with Crippen LogP contribution in [0, 0.1) is 5.82 Å². The first-order valence-corrected chi connectivity index (χ1v) is 11.5. The van der Waals surface area contributed by atoms with Crippen LogP contribution in [0.1, 0.15) is 12.8 Å². The van der Waals surface area contributed by atoms with Crippen LogP contribution in [-0.2, 0) is 10.0 Å². The van der Waals surface area contributed by atoms with Crippen molar-refractivity contribution in [2.24, 2.45) is 0 Å². The number of hydrogen-bond donors (Lipinski definition) is 2. The molecule has 9 heteroatoms. The first-order valence-electron chi connectivity index (χ1n) is 10.0. The molecule has 7 nitrogen and oxygen atoms in total. The summed E-state index contributed by atoms with van der Waals surface area (Å²) < 4.78 is 44.6. The zero-order valence-corrected chi connectivity index (χ0v) is 17.9. The zero-order valence-electron chi connectivity index (χ0n) is 17.1. The minimum atomic E-state index is -4.14. The summed E-state index contributed by atoms with van der Waals surface area (Å²) in [6, 6.07) is 11.8. The maximum atomic E-state index is 15.9. The number of aromatic nitrogens is 2. The predicted molar refractivity (Wildman–Crippen MR) is 118 cm³/mol. The number of piperidine rings is 1. The smallest absolute Gasteiger partial charge is 0.246 e. The number of benzene rings is 2. The summed E-state index contributed by atoms with van der Waals surface area (Å²) >= 11 is 0. The van der Waals surface area contributed by atoms with Crippen molar-refractivity contribution in [3.8, 4) is 22.4 Å². The molecule has 0 amide bonds. The van der Waals surface area contributed by atoms with Crippen LogP contribution in [-0.4, -0.2) is 48.9 Å². The Morgan fingerprint density at radius 1 is 1.10 bits per heavy atom. The van der Waals surface area contributed by atoms with Gasteiger partial charge in [0.1, 0.15) is 10.7 Å². The van der Waals surface area contributed by atoms with Gasteiger partial charge < -0.3 is 11.1 Å². The van der Waals surface area contributed by atoms with Gasteiger partial charge in [0.2, 0.25) is 10.0 Å². The molecule has 1 aliphatic rings. The van der Waals surface area contributed by atoms with Crippen molar-refractivity contribution in [1.29, 1.82) is 0 Å². The van der Waals surface area contributed by atoms with E-state index < -0.39 is 15.8 Å². The molecule has 3 N–H and O–H groups in total. The summed E-state index contributed by atoms with van der Waals surface area (Å²) in [5.74, 6) is -0.654. The van der Waals surface area contributed by atoms with Crippen molar-refractivity contribution >= 4 is 15.8 Å². The van der Waals surface area contributed by atoms with E-state index in [1.54, 1.807) is 30.3 Å². The van der Waals surface area contributed by atoms with E-state index in [1.807, 2.05) is 6.07 Å². The molecule has 4 rings (SSSR count). The molecule has 0 unspecified atom stereocenters. The topological polar surface area (TPSA) is 101 Å². The summed E-state index contributed by atoms with van der Waals surface area (Å²) in [6.07, 6.45) is 4.22. The largest absolute Gasteiger partial charge is 0.382 e. The Bertz CT molecular complexity index is 1160. The number of anilines is 1. The summed E-state index contributed by atoms with van der Waals surface area (Å²) in [4.78, 5) is 7.72. The minimum Gasteiger partial charge on any atom is -0.382 e. The highest BCUT2D eigenvalue weighted by Crippen LogP contribution is 2.36. The second-order valence-electron chi connectivity index (χ2n) is 7.52. The van der Waals surface area contributed by atoms with Crippen molar-refractivity contribution in [2.75, 3.05) is 25.9 Å². The van der Waals surface area contributed by atoms with Gasteiger partial charge in [-0.15, -0.1) is 0 Å². The SMILES string of the molecule is CN([C@H]1CCCNC1)S(=O)(=O)c1c(-c2ccccc2)ccc(-c2cnc(N)cn2)c1F. The van der Waals surface area contributed by atoms with Gasteiger partial charge >= 0.3 is 0 Å². The lowest BCUT2D eigenvalue weighted by Crippen LogP contribution is -2.46. The van der Waals surface area contributed by atoms with Crippen LogP contribution in [0.5, 0.6) is 0 Å². The standard InChI is InChI=1S/C22H24FN5O2S/c1-28(16-8-5-11-25-12-16)31(29,30)22-17(15-6-3-2-4-7-15)9-10-18(21(22)23)19-13-27-20(24)14-26-19/h2-4,6-7,9-10,13-14,16,25H,5,8,11-12H2,1H3,(H2,24,27)/t16-/m0/s1. The Labute approximate surface area is 181 Å². The van der Waals surface area contributed by atoms with Gasteiger partial charge in [0.15, 0.2) is 5.82 Å². The number of nitrogen functional groups attached to an aromatic ring is 1. The molecule has 0 saturated carbocycles. The molecule has 31 heavy (non-hydrogen) atoms. The third-order valence-electron chi connectivity index (χ3n) is 5.55. The van der Waals surface area contributed by atoms with E-state index in [0.29, 0.717) is 24.1 Å². The number of sulfonamides is 1. The number of rotatable bonds is 5. The lowest BCUT2D eigenvalue weighted by atomic mass is 10.0. The number of hydrogen-bond acceptors (Lipinski definition) is 6. The van der Waals surface area contributed by atoms with Crippen LogP contribution in [0.15, 0.2) is 59.8 Å². The fourth-order valence-electron chi connectivity index (χ4n) is 3.81. The monoisotopic (exact) mass is 441 g/mol. The van der Waals surface area contributed by atoms with E-state index >= 15 is 4.39 Å². The van der Waals surface area contributed by atoms with Crippen LogP contribution in [0.4, 0.5) is 10.2 Å². The molecule has 2 aromatic carbocycles. The Morgan fingerprint density at radius 2 is 1.84 bits per heavy atom. The molecule has 2 heterocycles. The molecular formula is C22H24FN5O2S. The first kappa shape index (κ1) is 21.4. The van der Waals surface area contributed by atoms with Gasteiger partial charge in [-0.1, -0.05) is 36.4 Å². The summed E-state index contributed by atoms with van der Waals surface area (Å²) in [6.45, 7) is 1.38. The molecule has 1 aliphatic heterocycles. The number of nitrogens with two attached hydrogens (primary N) is 1. The van der Waals surface area contributed by atoms with Gasteiger partial charge in [0.25, 0.3) is 0 Å². The average Bonchev–Trinajstić information content (AvgIpc) is 2.80.